The smallest absolute Gasteiger partial charge is 0.410 e. The number of carbonyl (C=O) groups excluding carboxylic acids is 2. The summed E-state index contributed by atoms with van der Waals surface area (Å²) in [7, 11) is 1.55. The molecule has 1 aromatic carbocycles. The number of hydrogen-bond donors (Lipinski definition) is 0. The van der Waals surface area contributed by atoms with E-state index in [9.17, 15) is 9.59 Å². The Morgan fingerprint density at radius 2 is 1.86 bits per heavy atom. The summed E-state index contributed by atoms with van der Waals surface area (Å²) >= 11 is 0. The minimum Gasteiger partial charge on any atom is -0.454 e. The van der Waals surface area contributed by atoms with Crippen molar-refractivity contribution in [2.45, 2.75) is 39.3 Å². The maximum absolute atomic E-state index is 12.5. The molecule has 120 valence electrons. The molecule has 1 aromatic rings. The Hall–Kier alpha value is -2.24. The highest BCUT2D eigenvalue weighted by Gasteiger charge is 2.28. The van der Waals surface area contributed by atoms with Crippen LogP contribution in [0.2, 0.25) is 0 Å². The highest BCUT2D eigenvalue weighted by Crippen LogP contribution is 2.33. The second kappa shape index (κ2) is 5.87. The highest BCUT2D eigenvalue weighted by molar-refractivity contribution is 6.01. The number of amides is 1. The number of nitrogens with zero attached hydrogens (tertiary/aromatic N) is 1. The Morgan fingerprint density at radius 1 is 1.23 bits per heavy atom. The number of carbonyl (C=O) groups is 2. The molecule has 22 heavy (non-hydrogen) atoms. The maximum Gasteiger partial charge on any atom is 0.410 e. The van der Waals surface area contributed by atoms with Gasteiger partial charge < -0.3 is 19.1 Å². The summed E-state index contributed by atoms with van der Waals surface area (Å²) < 4.78 is 15.8. The molecule has 1 aliphatic heterocycles. The Morgan fingerprint density at radius 3 is 2.50 bits per heavy atom. The third-order valence-corrected chi connectivity index (χ3v) is 3.30. The summed E-state index contributed by atoms with van der Waals surface area (Å²) in [6, 6.07) is 4.34. The van der Waals surface area contributed by atoms with Crippen LogP contribution in [-0.4, -0.2) is 42.3 Å². The van der Waals surface area contributed by atoms with E-state index in [2.05, 4.69) is 0 Å². The second-order valence-electron chi connectivity index (χ2n) is 6.20. The largest absolute Gasteiger partial charge is 0.454 e. The van der Waals surface area contributed by atoms with Crippen molar-refractivity contribution in [1.82, 2.24) is 4.90 Å². The average Bonchev–Trinajstić information content (AvgIpc) is 2.90. The number of Topliss-reactive ketones (excluding diaryl/α,β-unsaturated/α-hetero) is 1. The number of benzene rings is 1. The summed E-state index contributed by atoms with van der Waals surface area (Å²) in [5, 5.41) is 0. The molecule has 1 amide bonds. The molecule has 1 atom stereocenters. The molecule has 0 N–H and O–H groups in total. The molecule has 1 unspecified atom stereocenters. The summed E-state index contributed by atoms with van der Waals surface area (Å²) in [6.45, 7) is 7.16. The van der Waals surface area contributed by atoms with Crippen LogP contribution in [0, 0.1) is 0 Å². The molecule has 0 spiro atoms. The van der Waals surface area contributed by atoms with E-state index in [0.29, 0.717) is 17.1 Å². The van der Waals surface area contributed by atoms with Crippen LogP contribution in [0.5, 0.6) is 11.5 Å². The first-order valence-electron chi connectivity index (χ1n) is 7.09. The third-order valence-electron chi connectivity index (χ3n) is 3.30. The van der Waals surface area contributed by atoms with Gasteiger partial charge in [0.05, 0.1) is 6.04 Å². The number of ketones is 1. The zero-order valence-corrected chi connectivity index (χ0v) is 13.5. The summed E-state index contributed by atoms with van der Waals surface area (Å²) in [5.74, 6) is 0.967. The minimum absolute atomic E-state index is 0.153. The van der Waals surface area contributed by atoms with E-state index in [0.717, 1.165) is 0 Å². The second-order valence-corrected chi connectivity index (χ2v) is 6.20. The third kappa shape index (κ3) is 3.50. The Kier molecular flexibility index (Phi) is 4.30. The van der Waals surface area contributed by atoms with Crippen molar-refractivity contribution in [3.63, 3.8) is 0 Å². The molecule has 0 radical (unpaired) electrons. The van der Waals surface area contributed by atoms with Crippen molar-refractivity contribution < 1.29 is 23.8 Å². The molecule has 2 rings (SSSR count). The maximum atomic E-state index is 12.5. The van der Waals surface area contributed by atoms with Crippen LogP contribution in [-0.2, 0) is 4.74 Å². The van der Waals surface area contributed by atoms with Gasteiger partial charge in [-0.1, -0.05) is 0 Å². The van der Waals surface area contributed by atoms with Gasteiger partial charge in [0.25, 0.3) is 0 Å². The average molecular weight is 307 g/mol. The first-order chi connectivity index (χ1) is 10.2. The Labute approximate surface area is 129 Å². The lowest BCUT2D eigenvalue weighted by molar-refractivity contribution is 0.0231. The Balaban J connectivity index is 2.10. The number of fused-ring (bicyclic) bond motifs is 1. The summed E-state index contributed by atoms with van der Waals surface area (Å²) in [5.41, 5.74) is -0.139. The quantitative estimate of drug-likeness (QED) is 0.803. The van der Waals surface area contributed by atoms with Crippen LogP contribution >= 0.6 is 0 Å². The van der Waals surface area contributed by atoms with E-state index in [-0.39, 0.29) is 12.6 Å². The summed E-state index contributed by atoms with van der Waals surface area (Å²) in [6.07, 6.45) is -0.533. The highest BCUT2D eigenvalue weighted by atomic mass is 16.7. The van der Waals surface area contributed by atoms with Crippen LogP contribution in [0.25, 0.3) is 0 Å². The number of ether oxygens (including phenoxy) is 3. The van der Waals surface area contributed by atoms with Gasteiger partial charge in [-0.3, -0.25) is 4.79 Å². The molecule has 6 nitrogen and oxygen atoms in total. The van der Waals surface area contributed by atoms with Crippen molar-refractivity contribution in [3.05, 3.63) is 23.8 Å². The molecule has 0 saturated heterocycles. The van der Waals surface area contributed by atoms with Gasteiger partial charge in [0, 0.05) is 12.6 Å². The van der Waals surface area contributed by atoms with Crippen molar-refractivity contribution in [2.75, 3.05) is 13.8 Å². The van der Waals surface area contributed by atoms with E-state index in [1.165, 1.54) is 4.90 Å². The van der Waals surface area contributed by atoms with Gasteiger partial charge in [-0.25, -0.2) is 4.79 Å². The van der Waals surface area contributed by atoms with Crippen molar-refractivity contribution in [2.24, 2.45) is 0 Å². The van der Waals surface area contributed by atoms with Gasteiger partial charge in [-0.05, 0) is 45.9 Å². The van der Waals surface area contributed by atoms with Gasteiger partial charge >= 0.3 is 6.09 Å². The Bertz CT molecular complexity index is 591. The molecule has 1 heterocycles. The predicted molar refractivity (Wildman–Crippen MR) is 80.4 cm³/mol. The van der Waals surface area contributed by atoms with E-state index >= 15 is 0 Å². The SMILES string of the molecule is CC(C(=O)c1ccc2c(c1)OCO2)N(C)C(=O)OC(C)(C)C. The molecular weight excluding hydrogens is 286 g/mol. The molecular formula is C16H21NO5. The lowest BCUT2D eigenvalue weighted by atomic mass is 10.0. The van der Waals surface area contributed by atoms with E-state index in [4.69, 9.17) is 14.2 Å². The molecule has 0 bridgehead atoms. The van der Waals surface area contributed by atoms with Crippen LogP contribution in [0.15, 0.2) is 18.2 Å². The number of likely N-dealkylation sites (N-methyl/N-ethyl adjacent to an activating group) is 1. The monoisotopic (exact) mass is 307 g/mol. The van der Waals surface area contributed by atoms with Crippen LogP contribution in [0.1, 0.15) is 38.1 Å². The van der Waals surface area contributed by atoms with Crippen LogP contribution in [0.3, 0.4) is 0 Å². The van der Waals surface area contributed by atoms with Crippen LogP contribution < -0.4 is 9.47 Å². The lowest BCUT2D eigenvalue weighted by Crippen LogP contribution is -2.43. The minimum atomic E-state index is -0.643. The molecule has 6 heteroatoms. The standard InChI is InChI=1S/C16H21NO5/c1-10(17(5)15(19)22-16(2,3)4)14(18)11-6-7-12-13(8-11)21-9-20-12/h6-8,10H,9H2,1-5H3. The lowest BCUT2D eigenvalue weighted by Gasteiger charge is -2.28. The zero-order valence-electron chi connectivity index (χ0n) is 13.5. The summed E-state index contributed by atoms with van der Waals surface area (Å²) in [4.78, 5) is 25.8. The topological polar surface area (TPSA) is 65.1 Å². The number of rotatable bonds is 3. The molecule has 0 fully saturated rings. The first kappa shape index (κ1) is 16.1. The molecule has 0 saturated carbocycles. The zero-order chi connectivity index (χ0) is 16.5. The molecule has 0 aliphatic carbocycles. The first-order valence-corrected chi connectivity index (χ1v) is 7.09. The van der Waals surface area contributed by atoms with Crippen molar-refractivity contribution >= 4 is 11.9 Å². The van der Waals surface area contributed by atoms with Gasteiger partial charge in [0.15, 0.2) is 17.3 Å². The normalized spacial score (nSPS) is 14.4. The number of hydrogen-bond acceptors (Lipinski definition) is 5. The van der Waals surface area contributed by atoms with Crippen LogP contribution in [0.4, 0.5) is 4.79 Å². The van der Waals surface area contributed by atoms with Gasteiger partial charge in [-0.2, -0.15) is 0 Å². The van der Waals surface area contributed by atoms with E-state index in [1.807, 2.05) is 0 Å². The fourth-order valence-electron chi connectivity index (χ4n) is 1.96. The van der Waals surface area contributed by atoms with Crippen molar-refractivity contribution in [1.29, 1.82) is 0 Å². The molecule has 1 aliphatic rings. The van der Waals surface area contributed by atoms with Gasteiger partial charge in [0.2, 0.25) is 6.79 Å². The fourth-order valence-corrected chi connectivity index (χ4v) is 1.96. The fraction of sp³-hybridized carbons (Fsp3) is 0.500. The van der Waals surface area contributed by atoms with Gasteiger partial charge in [-0.15, -0.1) is 0 Å². The molecule has 0 aromatic heterocycles. The van der Waals surface area contributed by atoms with Gasteiger partial charge in [0.1, 0.15) is 5.60 Å². The van der Waals surface area contributed by atoms with E-state index < -0.39 is 17.7 Å². The van der Waals surface area contributed by atoms with Crippen molar-refractivity contribution in [3.8, 4) is 11.5 Å². The van der Waals surface area contributed by atoms with E-state index in [1.54, 1.807) is 52.9 Å². The predicted octanol–water partition coefficient (Wildman–Crippen LogP) is 2.85.